The molecule has 1 aromatic carbocycles. The van der Waals surface area contributed by atoms with Crippen LogP contribution in [-0.2, 0) is 36.4 Å². The van der Waals surface area contributed by atoms with Gasteiger partial charge in [0.2, 0.25) is 0 Å². The Bertz CT molecular complexity index is 767. The fourth-order valence-corrected chi connectivity index (χ4v) is 18.1. The molecule has 0 unspecified atom stereocenters. The van der Waals surface area contributed by atoms with Crippen molar-refractivity contribution in [1.82, 2.24) is 0 Å². The third-order valence-electron chi connectivity index (χ3n) is 3.51. The standard InChI is InChI=1S/C8H9O.3C4H9O.4FH.Zr/c1-7-2-4-8(6-9)5-3-7;3*1-4(2,3)5;;;;;/h2-5H,6H2,1H3;3*1-3H3;4*1H;/q4*-1;;;;;+8/p-4. The van der Waals surface area contributed by atoms with Gasteiger partial charge >= 0.3 is 168 Å². The summed E-state index contributed by atoms with van der Waals surface area (Å²) < 4.78 is 84.8. The van der Waals surface area contributed by atoms with Crippen molar-refractivity contribution in [3.63, 3.8) is 0 Å². The van der Waals surface area contributed by atoms with E-state index < -0.39 is 41.9 Å². The van der Waals surface area contributed by atoms with E-state index in [-0.39, 0.29) is 5.56 Å². The molecule has 0 heterocycles. The number of hydrogen-bond donors (Lipinski definition) is 0. The second-order valence-corrected chi connectivity index (χ2v) is 23.9. The van der Waals surface area contributed by atoms with Crippen LogP contribution in [0.15, 0.2) is 24.3 Å². The molecule has 0 fully saturated rings. The molecule has 0 amide bonds. The summed E-state index contributed by atoms with van der Waals surface area (Å²) >= 11 is -12.8. The SMILES string of the molecule is Cc1ccc(C[O][Zr]([F])([F])([F])([F])([O]C(C)(C)C)([O]C(C)(C)C)[O]C(C)(C)C)cc1. The third kappa shape index (κ3) is 7.39. The van der Waals surface area contributed by atoms with Crippen LogP contribution in [0.25, 0.3) is 0 Å². The van der Waals surface area contributed by atoms with Gasteiger partial charge in [0.1, 0.15) is 0 Å². The van der Waals surface area contributed by atoms with Crippen LogP contribution in [0, 0.1) is 6.92 Å². The molecule has 0 aromatic heterocycles. The van der Waals surface area contributed by atoms with Crippen molar-refractivity contribution < 1.29 is 40.3 Å². The molecule has 1 aromatic rings. The molecule has 0 aliphatic rings. The summed E-state index contributed by atoms with van der Waals surface area (Å²) in [5.74, 6) is 0. The predicted molar refractivity (Wildman–Crippen MR) is 103 cm³/mol. The zero-order valence-corrected chi connectivity index (χ0v) is 21.6. The fraction of sp³-hybridized carbons (Fsp3) is 0.700. The molecule has 4 nitrogen and oxygen atoms in total. The number of hydrogen-bond acceptors (Lipinski definition) is 4. The van der Waals surface area contributed by atoms with E-state index in [1.165, 1.54) is 12.1 Å². The van der Waals surface area contributed by atoms with Crippen molar-refractivity contribution in [2.24, 2.45) is 0 Å². The Morgan fingerprint density at radius 2 is 0.966 bits per heavy atom. The summed E-state index contributed by atoms with van der Waals surface area (Å²) in [7, 11) is 0. The maximum atomic E-state index is 16.8. The van der Waals surface area contributed by atoms with Gasteiger partial charge in [-0.15, -0.1) is 0 Å². The minimum absolute atomic E-state index is 0.0821. The third-order valence-corrected chi connectivity index (χ3v) is 14.4. The first-order valence-electron chi connectivity index (χ1n) is 9.65. The first-order chi connectivity index (χ1) is 12.1. The Kier molecular flexibility index (Phi) is 4.92. The van der Waals surface area contributed by atoms with E-state index in [1.54, 1.807) is 19.1 Å². The van der Waals surface area contributed by atoms with E-state index in [1.807, 2.05) is 0 Å². The van der Waals surface area contributed by atoms with Crippen LogP contribution in [-0.4, -0.2) is 16.8 Å². The first kappa shape index (κ1) is 26.7. The van der Waals surface area contributed by atoms with Gasteiger partial charge < -0.3 is 0 Å². The van der Waals surface area contributed by atoms with Gasteiger partial charge in [0, 0.05) is 0 Å². The summed E-state index contributed by atoms with van der Waals surface area (Å²) in [5, 5.41) is 0. The van der Waals surface area contributed by atoms with Crippen LogP contribution in [0.2, 0.25) is 0 Å². The average molecular weight is 508 g/mol. The van der Waals surface area contributed by atoms with Gasteiger partial charge in [-0.05, 0) is 0 Å². The molecule has 0 saturated heterocycles. The number of halogens is 4. The van der Waals surface area contributed by atoms with Gasteiger partial charge in [-0.3, -0.25) is 0 Å². The average Bonchev–Trinajstić information content (AvgIpc) is 2.28. The number of benzene rings is 1. The second-order valence-electron chi connectivity index (χ2n) is 11.1. The van der Waals surface area contributed by atoms with Gasteiger partial charge in [-0.2, -0.15) is 0 Å². The van der Waals surface area contributed by atoms with E-state index >= 15 is 10.5 Å². The molecule has 0 saturated carbocycles. The molecule has 0 spiro atoms. The second kappa shape index (κ2) is 5.34. The van der Waals surface area contributed by atoms with Crippen LogP contribution in [0.4, 0.5) is 10.5 Å². The molecule has 0 aliphatic heterocycles. The van der Waals surface area contributed by atoms with Crippen molar-refractivity contribution >= 4 is 0 Å². The first-order valence-corrected chi connectivity index (χ1v) is 17.4. The molecule has 0 aliphatic carbocycles. The van der Waals surface area contributed by atoms with E-state index in [4.69, 9.17) is 0 Å². The Morgan fingerprint density at radius 1 is 0.655 bits per heavy atom. The molecular formula is C20H36F4O4Zr. The zero-order chi connectivity index (χ0) is 23.4. The van der Waals surface area contributed by atoms with Gasteiger partial charge in [0.25, 0.3) is 0 Å². The van der Waals surface area contributed by atoms with Gasteiger partial charge in [0.15, 0.2) is 0 Å². The molecular weight excluding hydrogens is 471 g/mol. The predicted octanol–water partition coefficient (Wildman–Crippen LogP) is 7.45. The quantitative estimate of drug-likeness (QED) is 0.375. The van der Waals surface area contributed by atoms with Crippen LogP contribution < -0.4 is 0 Å². The van der Waals surface area contributed by atoms with Crippen LogP contribution in [0.3, 0.4) is 0 Å². The van der Waals surface area contributed by atoms with Crippen LogP contribution in [0.5, 0.6) is 0 Å². The Labute approximate surface area is 168 Å². The molecule has 0 radical (unpaired) electrons. The molecule has 9 heteroatoms. The van der Waals surface area contributed by atoms with Crippen LogP contribution >= 0.6 is 0 Å². The van der Waals surface area contributed by atoms with E-state index in [9.17, 15) is 0 Å². The molecule has 0 N–H and O–H groups in total. The normalized spacial score (nSPS) is 19.7. The molecule has 29 heavy (non-hydrogen) atoms. The van der Waals surface area contributed by atoms with E-state index in [0.29, 0.717) is 0 Å². The van der Waals surface area contributed by atoms with Crippen molar-refractivity contribution in [3.8, 4) is 0 Å². The topological polar surface area (TPSA) is 36.9 Å². The monoisotopic (exact) mass is 506 g/mol. The van der Waals surface area contributed by atoms with E-state index in [0.717, 1.165) is 67.9 Å². The van der Waals surface area contributed by atoms with Gasteiger partial charge in [0.05, 0.1) is 0 Å². The summed E-state index contributed by atoms with van der Waals surface area (Å²) in [6.45, 7) is 10.1. The molecule has 1 rings (SSSR count). The molecule has 172 valence electrons. The number of rotatable bonds is 6. The van der Waals surface area contributed by atoms with Crippen molar-refractivity contribution in [2.45, 2.75) is 92.6 Å². The zero-order valence-electron chi connectivity index (χ0n) is 19.2. The van der Waals surface area contributed by atoms with Crippen molar-refractivity contribution in [2.75, 3.05) is 0 Å². The van der Waals surface area contributed by atoms with Crippen molar-refractivity contribution in [1.29, 1.82) is 0 Å². The summed E-state index contributed by atoms with van der Waals surface area (Å²) in [6, 6.07) is 6.01. The Hall–Kier alpha value is -0.337. The number of aryl methyl sites for hydroxylation is 1. The Balaban J connectivity index is 3.91. The van der Waals surface area contributed by atoms with Gasteiger partial charge in [-0.1, -0.05) is 0 Å². The fourth-order valence-electron chi connectivity index (χ4n) is 3.63. The van der Waals surface area contributed by atoms with Gasteiger partial charge in [-0.25, -0.2) is 0 Å². The van der Waals surface area contributed by atoms with Crippen LogP contribution in [0.1, 0.15) is 73.4 Å². The van der Waals surface area contributed by atoms with E-state index in [2.05, 4.69) is 11.3 Å². The summed E-state index contributed by atoms with van der Waals surface area (Å²) in [6.07, 6.45) is 0. The van der Waals surface area contributed by atoms with Crippen molar-refractivity contribution in [3.05, 3.63) is 35.4 Å². The summed E-state index contributed by atoms with van der Waals surface area (Å²) in [5.41, 5.74) is -5.33. The molecule has 0 bridgehead atoms. The maximum absolute atomic E-state index is 16.8. The summed E-state index contributed by atoms with van der Waals surface area (Å²) in [4.78, 5) is 0. The molecule has 0 atom stereocenters. The minimum atomic E-state index is -12.8. The Morgan fingerprint density at radius 3 is 1.24 bits per heavy atom.